The molecule has 1 fully saturated rings. The molecule has 2 aliphatic heterocycles. The van der Waals surface area contributed by atoms with Crippen LogP contribution in [0.2, 0.25) is 0 Å². The van der Waals surface area contributed by atoms with Crippen molar-refractivity contribution in [3.8, 4) is 5.75 Å². The zero-order valence-electron chi connectivity index (χ0n) is 21.0. The first-order valence-electron chi connectivity index (χ1n) is 13.0. The Labute approximate surface area is 219 Å². The molecule has 8 heteroatoms. The van der Waals surface area contributed by atoms with E-state index >= 15 is 0 Å². The highest BCUT2D eigenvalue weighted by molar-refractivity contribution is 7.91. The minimum absolute atomic E-state index is 0.134. The van der Waals surface area contributed by atoms with E-state index in [1.54, 1.807) is 0 Å². The molecule has 0 spiro atoms. The average Bonchev–Trinajstić information content (AvgIpc) is 3.14. The molecule has 0 saturated carbocycles. The van der Waals surface area contributed by atoms with Gasteiger partial charge in [-0.25, -0.2) is 12.8 Å². The van der Waals surface area contributed by atoms with E-state index < -0.39 is 15.3 Å². The van der Waals surface area contributed by atoms with Crippen LogP contribution in [0.3, 0.4) is 0 Å². The number of para-hydroxylation sites is 2. The summed E-state index contributed by atoms with van der Waals surface area (Å²) in [6.45, 7) is 5.00. The molecule has 6 nitrogen and oxygen atoms in total. The first kappa shape index (κ1) is 25.5. The predicted octanol–water partition coefficient (Wildman–Crippen LogP) is 4.56. The normalized spacial score (nSPS) is 18.4. The third kappa shape index (κ3) is 6.62. The van der Waals surface area contributed by atoms with Gasteiger partial charge < -0.3 is 15.0 Å². The van der Waals surface area contributed by atoms with E-state index in [0.29, 0.717) is 25.1 Å². The fourth-order valence-electron chi connectivity index (χ4n) is 5.01. The highest BCUT2D eigenvalue weighted by Crippen LogP contribution is 2.29. The Balaban J connectivity index is 1.06. The maximum atomic E-state index is 13.1. The lowest BCUT2D eigenvalue weighted by Gasteiger charge is -2.36. The second-order valence-corrected chi connectivity index (χ2v) is 12.0. The fourth-order valence-corrected chi connectivity index (χ4v) is 6.53. The lowest BCUT2D eigenvalue weighted by molar-refractivity contribution is 0.256. The van der Waals surface area contributed by atoms with Crippen LogP contribution in [0.25, 0.3) is 0 Å². The smallest absolute Gasteiger partial charge is 0.200 e. The Morgan fingerprint density at radius 3 is 2.30 bits per heavy atom. The quantitative estimate of drug-likeness (QED) is 0.467. The van der Waals surface area contributed by atoms with Gasteiger partial charge in [0.2, 0.25) is 5.44 Å². The van der Waals surface area contributed by atoms with E-state index in [9.17, 15) is 12.8 Å². The molecular weight excluding hydrogens is 489 g/mol. The van der Waals surface area contributed by atoms with Crippen molar-refractivity contribution in [2.24, 2.45) is 0 Å². The summed E-state index contributed by atoms with van der Waals surface area (Å²) in [5.41, 5.74) is 3.54. The van der Waals surface area contributed by atoms with Crippen LogP contribution in [0.15, 0.2) is 72.8 Å². The number of ether oxygens (including phenoxy) is 1. The monoisotopic (exact) mass is 523 g/mol. The Kier molecular flexibility index (Phi) is 7.96. The molecule has 2 aliphatic rings. The molecule has 37 heavy (non-hydrogen) atoms. The number of hydrogen-bond donors (Lipinski definition) is 1. The van der Waals surface area contributed by atoms with E-state index in [0.717, 1.165) is 50.4 Å². The van der Waals surface area contributed by atoms with Gasteiger partial charge in [0.1, 0.15) is 11.6 Å². The molecule has 1 N–H and O–H groups in total. The number of benzene rings is 3. The number of piperazine rings is 1. The number of sulfone groups is 1. The Morgan fingerprint density at radius 2 is 1.57 bits per heavy atom. The first-order valence-corrected chi connectivity index (χ1v) is 14.7. The summed E-state index contributed by atoms with van der Waals surface area (Å²) in [6, 6.07) is 22.7. The highest BCUT2D eigenvalue weighted by atomic mass is 32.2. The van der Waals surface area contributed by atoms with Gasteiger partial charge in [0.25, 0.3) is 0 Å². The SMILES string of the molecule is O=S(=O)(CCCN1CCN(c2ccc(Cc3ccc(F)cc3)cc2)CC1)C1CCNc2ccccc2O1. The van der Waals surface area contributed by atoms with Gasteiger partial charge in [-0.05, 0) is 66.9 Å². The predicted molar refractivity (Wildman–Crippen MR) is 147 cm³/mol. The molecule has 3 aromatic rings. The number of fused-ring (bicyclic) bond motifs is 1. The van der Waals surface area contributed by atoms with E-state index in [-0.39, 0.29) is 11.6 Å². The zero-order valence-corrected chi connectivity index (χ0v) is 21.8. The van der Waals surface area contributed by atoms with Gasteiger partial charge in [-0.2, -0.15) is 0 Å². The van der Waals surface area contributed by atoms with Gasteiger partial charge in [0, 0.05) is 44.8 Å². The van der Waals surface area contributed by atoms with Crippen LogP contribution < -0.4 is 15.0 Å². The number of halogens is 1. The van der Waals surface area contributed by atoms with Crippen molar-refractivity contribution in [3.63, 3.8) is 0 Å². The van der Waals surface area contributed by atoms with E-state index in [4.69, 9.17) is 4.74 Å². The van der Waals surface area contributed by atoms with Gasteiger partial charge in [-0.3, -0.25) is 4.90 Å². The van der Waals surface area contributed by atoms with Crippen LogP contribution >= 0.6 is 0 Å². The van der Waals surface area contributed by atoms with Gasteiger partial charge in [-0.15, -0.1) is 0 Å². The van der Waals surface area contributed by atoms with Gasteiger partial charge in [-0.1, -0.05) is 36.4 Å². The number of anilines is 2. The van der Waals surface area contributed by atoms with Crippen LogP contribution in [0.1, 0.15) is 24.0 Å². The lowest BCUT2D eigenvalue weighted by Crippen LogP contribution is -2.47. The van der Waals surface area contributed by atoms with Crippen molar-refractivity contribution in [1.82, 2.24) is 4.90 Å². The number of nitrogens with one attached hydrogen (secondary N) is 1. The zero-order chi connectivity index (χ0) is 25.7. The lowest BCUT2D eigenvalue weighted by atomic mass is 10.0. The summed E-state index contributed by atoms with van der Waals surface area (Å²) in [7, 11) is -3.35. The minimum Gasteiger partial charge on any atom is -0.472 e. The van der Waals surface area contributed by atoms with Crippen molar-refractivity contribution in [2.75, 3.05) is 55.2 Å². The molecule has 0 bridgehead atoms. The molecule has 1 atom stereocenters. The van der Waals surface area contributed by atoms with Crippen LogP contribution in [-0.2, 0) is 16.3 Å². The Hall–Kier alpha value is -3.10. The highest BCUT2D eigenvalue weighted by Gasteiger charge is 2.29. The van der Waals surface area contributed by atoms with Crippen molar-refractivity contribution in [2.45, 2.75) is 24.7 Å². The van der Waals surface area contributed by atoms with Crippen LogP contribution in [0, 0.1) is 5.82 Å². The topological polar surface area (TPSA) is 61.9 Å². The third-order valence-corrected chi connectivity index (χ3v) is 9.13. The second-order valence-electron chi connectivity index (χ2n) is 9.78. The average molecular weight is 524 g/mol. The first-order chi connectivity index (χ1) is 18.0. The van der Waals surface area contributed by atoms with Gasteiger partial charge in [0.05, 0.1) is 11.4 Å². The summed E-state index contributed by atoms with van der Waals surface area (Å²) in [4.78, 5) is 4.72. The van der Waals surface area contributed by atoms with Crippen molar-refractivity contribution < 1.29 is 17.5 Å². The molecule has 0 amide bonds. The maximum Gasteiger partial charge on any atom is 0.200 e. The second kappa shape index (κ2) is 11.5. The Morgan fingerprint density at radius 1 is 0.892 bits per heavy atom. The van der Waals surface area contributed by atoms with E-state index in [1.807, 2.05) is 36.4 Å². The largest absolute Gasteiger partial charge is 0.472 e. The molecular formula is C29H34FN3O3S. The van der Waals surface area contributed by atoms with Crippen LogP contribution in [0.4, 0.5) is 15.8 Å². The molecule has 196 valence electrons. The summed E-state index contributed by atoms with van der Waals surface area (Å²) in [5.74, 6) is 0.528. The van der Waals surface area contributed by atoms with Gasteiger partial charge >= 0.3 is 0 Å². The van der Waals surface area contributed by atoms with Crippen LogP contribution in [-0.4, -0.2) is 63.8 Å². The van der Waals surface area contributed by atoms with E-state index in [1.165, 1.54) is 23.4 Å². The van der Waals surface area contributed by atoms with Crippen LogP contribution in [0.5, 0.6) is 5.75 Å². The molecule has 0 radical (unpaired) electrons. The standard InChI is InChI=1S/C29H34FN3O3S/c30-25-10-6-23(7-11-25)22-24-8-12-26(13-9-24)33-19-17-32(18-20-33)16-3-21-37(34,35)29-14-15-31-27-4-1-2-5-28(27)36-29/h1-2,4-13,29,31H,3,14-22H2. The summed E-state index contributed by atoms with van der Waals surface area (Å²) in [6.07, 6.45) is 1.83. The Bertz CT molecular complexity index is 1270. The maximum absolute atomic E-state index is 13.1. The molecule has 2 heterocycles. The molecule has 5 rings (SSSR count). The third-order valence-electron chi connectivity index (χ3n) is 7.14. The molecule has 0 aliphatic carbocycles. The van der Waals surface area contributed by atoms with E-state index in [2.05, 4.69) is 39.4 Å². The molecule has 1 saturated heterocycles. The van der Waals surface area contributed by atoms with Crippen molar-refractivity contribution in [1.29, 1.82) is 0 Å². The number of hydrogen-bond acceptors (Lipinski definition) is 6. The summed E-state index contributed by atoms with van der Waals surface area (Å²) in [5, 5.41) is 3.25. The summed E-state index contributed by atoms with van der Waals surface area (Å²) >= 11 is 0. The molecule has 1 unspecified atom stereocenters. The van der Waals surface area contributed by atoms with Crippen molar-refractivity contribution in [3.05, 3.63) is 89.7 Å². The van der Waals surface area contributed by atoms with Gasteiger partial charge in [0.15, 0.2) is 9.84 Å². The summed E-state index contributed by atoms with van der Waals surface area (Å²) < 4.78 is 45.0. The fraction of sp³-hybridized carbons (Fsp3) is 0.379. The minimum atomic E-state index is -3.35. The molecule has 0 aromatic heterocycles. The van der Waals surface area contributed by atoms with Crippen molar-refractivity contribution >= 4 is 21.2 Å². The number of rotatable bonds is 8. The molecule has 3 aromatic carbocycles. The number of nitrogens with zero attached hydrogens (tertiary/aromatic N) is 2.